The number of carbonyl (C=O) groups is 1. The Morgan fingerprint density at radius 2 is 1.87 bits per heavy atom. The summed E-state index contributed by atoms with van der Waals surface area (Å²) in [6.07, 6.45) is 3.33. The van der Waals surface area contributed by atoms with Crippen molar-refractivity contribution >= 4 is 29.0 Å². The number of para-hydroxylation sites is 1. The Morgan fingerprint density at radius 3 is 2.58 bits per heavy atom. The van der Waals surface area contributed by atoms with Crippen LogP contribution in [-0.2, 0) is 0 Å². The number of benzene rings is 1. The van der Waals surface area contributed by atoms with Crippen molar-refractivity contribution in [3.63, 3.8) is 0 Å². The van der Waals surface area contributed by atoms with Gasteiger partial charge in [-0.15, -0.1) is 0 Å². The van der Waals surface area contributed by atoms with E-state index in [-0.39, 0.29) is 11.8 Å². The number of rotatable bonds is 5. The lowest BCUT2D eigenvalue weighted by Gasteiger charge is -2.34. The largest absolute Gasteiger partial charge is 0.369 e. The summed E-state index contributed by atoms with van der Waals surface area (Å²) in [5.41, 5.74) is 3.14. The fraction of sp³-hybridized carbons (Fsp3) is 0.348. The van der Waals surface area contributed by atoms with Crippen LogP contribution in [0.25, 0.3) is 5.69 Å². The van der Waals surface area contributed by atoms with Gasteiger partial charge in [-0.2, -0.15) is 5.10 Å². The van der Waals surface area contributed by atoms with Crippen molar-refractivity contribution < 1.29 is 4.79 Å². The van der Waals surface area contributed by atoms with Crippen LogP contribution in [0.5, 0.6) is 0 Å². The highest BCUT2D eigenvalue weighted by atomic mass is 35.5. The van der Waals surface area contributed by atoms with Crippen LogP contribution < -0.4 is 10.2 Å². The molecule has 31 heavy (non-hydrogen) atoms. The third-order valence-corrected chi connectivity index (χ3v) is 5.85. The van der Waals surface area contributed by atoms with Crippen molar-refractivity contribution in [3.8, 4) is 5.69 Å². The molecule has 3 heterocycles. The Balaban J connectivity index is 1.58. The van der Waals surface area contributed by atoms with Crippen molar-refractivity contribution in [1.82, 2.24) is 19.7 Å². The smallest absolute Gasteiger partial charge is 0.260 e. The number of likely N-dealkylation sites (N-methyl/N-ethyl adjacent to an activating group) is 1. The summed E-state index contributed by atoms with van der Waals surface area (Å²) in [6, 6.07) is 11.4. The fourth-order valence-electron chi connectivity index (χ4n) is 3.84. The molecule has 1 aromatic carbocycles. The molecule has 1 aliphatic heterocycles. The number of hydrogen-bond acceptors (Lipinski definition) is 5. The van der Waals surface area contributed by atoms with Crippen LogP contribution >= 0.6 is 11.6 Å². The molecule has 1 fully saturated rings. The van der Waals surface area contributed by atoms with Crippen LogP contribution in [0.3, 0.4) is 0 Å². The first-order valence-corrected chi connectivity index (χ1v) is 10.9. The third kappa shape index (κ3) is 4.57. The van der Waals surface area contributed by atoms with E-state index in [1.165, 1.54) is 0 Å². The van der Waals surface area contributed by atoms with Crippen molar-refractivity contribution in [1.29, 1.82) is 0 Å². The molecule has 8 heteroatoms. The average molecular weight is 439 g/mol. The molecule has 0 aliphatic carbocycles. The van der Waals surface area contributed by atoms with Crippen LogP contribution in [0.4, 0.5) is 11.5 Å². The number of aromatic nitrogens is 3. The summed E-state index contributed by atoms with van der Waals surface area (Å²) in [7, 11) is 2.13. The maximum absolute atomic E-state index is 13.1. The monoisotopic (exact) mass is 438 g/mol. The van der Waals surface area contributed by atoms with E-state index in [0.717, 1.165) is 43.2 Å². The maximum atomic E-state index is 13.1. The van der Waals surface area contributed by atoms with Gasteiger partial charge in [0.2, 0.25) is 0 Å². The fourth-order valence-corrected chi connectivity index (χ4v) is 4.05. The summed E-state index contributed by atoms with van der Waals surface area (Å²) >= 11 is 6.38. The van der Waals surface area contributed by atoms with Crippen molar-refractivity contribution in [2.24, 2.45) is 0 Å². The number of nitrogens with one attached hydrogen (secondary N) is 1. The molecule has 0 atom stereocenters. The van der Waals surface area contributed by atoms with E-state index in [4.69, 9.17) is 11.6 Å². The highest BCUT2D eigenvalue weighted by molar-refractivity contribution is 6.32. The molecule has 162 valence electrons. The van der Waals surface area contributed by atoms with E-state index in [1.54, 1.807) is 17.1 Å². The predicted molar refractivity (Wildman–Crippen MR) is 125 cm³/mol. The molecule has 1 aliphatic rings. The number of amides is 1. The summed E-state index contributed by atoms with van der Waals surface area (Å²) in [5, 5.41) is 8.00. The number of pyridine rings is 1. The quantitative estimate of drug-likeness (QED) is 0.651. The minimum Gasteiger partial charge on any atom is -0.369 e. The van der Waals surface area contributed by atoms with Crippen LogP contribution in [0.2, 0.25) is 5.02 Å². The van der Waals surface area contributed by atoms with Crippen LogP contribution in [0.1, 0.15) is 35.8 Å². The molecule has 4 rings (SSSR count). The third-order valence-electron chi connectivity index (χ3n) is 5.53. The highest BCUT2D eigenvalue weighted by Crippen LogP contribution is 2.28. The molecular weight excluding hydrogens is 412 g/mol. The predicted octanol–water partition coefficient (Wildman–Crippen LogP) is 4.05. The minimum absolute atomic E-state index is 0.0733. The first-order chi connectivity index (χ1) is 14.9. The summed E-state index contributed by atoms with van der Waals surface area (Å²) < 4.78 is 1.75. The van der Waals surface area contributed by atoms with Crippen LogP contribution in [0.15, 0.2) is 48.8 Å². The number of halogens is 1. The van der Waals surface area contributed by atoms with Crippen molar-refractivity contribution in [3.05, 3.63) is 65.1 Å². The molecule has 1 N–H and O–H groups in total. The molecule has 1 amide bonds. The number of hydrogen-bond donors (Lipinski definition) is 1. The Labute approximate surface area is 187 Å². The van der Waals surface area contributed by atoms with Gasteiger partial charge in [0.05, 0.1) is 28.2 Å². The molecule has 2 aromatic heterocycles. The minimum atomic E-state index is -0.231. The average Bonchev–Trinajstić information content (AvgIpc) is 3.20. The zero-order valence-corrected chi connectivity index (χ0v) is 18.8. The number of piperazine rings is 1. The molecule has 0 bridgehead atoms. The Kier molecular flexibility index (Phi) is 6.25. The van der Waals surface area contributed by atoms with Gasteiger partial charge in [-0.25, -0.2) is 9.67 Å². The molecule has 1 saturated heterocycles. The van der Waals surface area contributed by atoms with E-state index in [2.05, 4.69) is 32.2 Å². The molecule has 3 aromatic rings. The Hall–Kier alpha value is -2.90. The van der Waals surface area contributed by atoms with Gasteiger partial charge in [-0.1, -0.05) is 37.6 Å². The van der Waals surface area contributed by atoms with E-state index in [1.807, 2.05) is 50.2 Å². The standard InChI is InChI=1S/C23H27ClN6O/c1-16(2)22-18(15-26-30(22)20-7-5-4-6-19(20)24)23(31)27-21-14-17(8-9-25-21)29-12-10-28(3)11-13-29/h4-9,14-16H,10-13H2,1-3H3,(H,25,27,31). The Bertz CT molecular complexity index is 1070. The second-order valence-electron chi connectivity index (χ2n) is 8.11. The van der Waals surface area contributed by atoms with Gasteiger partial charge < -0.3 is 15.1 Å². The summed E-state index contributed by atoms with van der Waals surface area (Å²) in [6.45, 7) is 8.01. The molecular formula is C23H27ClN6O. The van der Waals surface area contributed by atoms with Crippen LogP contribution in [0, 0.1) is 0 Å². The van der Waals surface area contributed by atoms with Gasteiger partial charge in [0.1, 0.15) is 5.82 Å². The molecule has 0 saturated carbocycles. The number of anilines is 2. The topological polar surface area (TPSA) is 66.3 Å². The zero-order chi connectivity index (χ0) is 22.0. The Morgan fingerprint density at radius 1 is 1.13 bits per heavy atom. The van der Waals surface area contributed by atoms with E-state index < -0.39 is 0 Å². The lowest BCUT2D eigenvalue weighted by Crippen LogP contribution is -2.44. The van der Waals surface area contributed by atoms with Gasteiger partial charge >= 0.3 is 0 Å². The molecule has 7 nitrogen and oxygen atoms in total. The van der Waals surface area contributed by atoms with Crippen molar-refractivity contribution in [2.45, 2.75) is 19.8 Å². The van der Waals surface area contributed by atoms with E-state index in [9.17, 15) is 4.79 Å². The molecule has 0 spiro atoms. The van der Waals surface area contributed by atoms with Gasteiger partial charge in [-0.3, -0.25) is 4.79 Å². The second-order valence-corrected chi connectivity index (χ2v) is 8.51. The summed E-state index contributed by atoms with van der Waals surface area (Å²) in [5.74, 6) is 0.371. The second kappa shape index (κ2) is 9.08. The normalized spacial score (nSPS) is 14.8. The summed E-state index contributed by atoms with van der Waals surface area (Å²) in [4.78, 5) is 22.1. The van der Waals surface area contributed by atoms with Gasteiger partial charge in [0.25, 0.3) is 5.91 Å². The maximum Gasteiger partial charge on any atom is 0.260 e. The molecule has 0 radical (unpaired) electrons. The van der Waals surface area contributed by atoms with E-state index >= 15 is 0 Å². The lowest BCUT2D eigenvalue weighted by molar-refractivity contribution is 0.102. The van der Waals surface area contributed by atoms with E-state index in [0.29, 0.717) is 16.4 Å². The number of nitrogens with zero attached hydrogens (tertiary/aromatic N) is 5. The van der Waals surface area contributed by atoms with Gasteiger partial charge in [-0.05, 0) is 31.2 Å². The van der Waals surface area contributed by atoms with Gasteiger partial charge in [0.15, 0.2) is 0 Å². The SMILES string of the molecule is CC(C)c1c(C(=O)Nc2cc(N3CCN(C)CC3)ccn2)cnn1-c1ccccc1Cl. The highest BCUT2D eigenvalue weighted by Gasteiger charge is 2.22. The van der Waals surface area contributed by atoms with Crippen LogP contribution in [-0.4, -0.2) is 58.8 Å². The first-order valence-electron chi connectivity index (χ1n) is 10.5. The first kappa shape index (κ1) is 21.3. The number of carbonyl (C=O) groups excluding carboxylic acids is 1. The molecule has 0 unspecified atom stereocenters. The van der Waals surface area contributed by atoms with Gasteiger partial charge in [0, 0.05) is 44.1 Å². The lowest BCUT2D eigenvalue weighted by atomic mass is 10.0. The zero-order valence-electron chi connectivity index (χ0n) is 18.0. The van der Waals surface area contributed by atoms with Crippen molar-refractivity contribution in [2.75, 3.05) is 43.4 Å².